The second kappa shape index (κ2) is 10.5. The molecule has 0 spiro atoms. The van der Waals surface area contributed by atoms with E-state index in [0.29, 0.717) is 23.7 Å². The number of nitrogens with zero attached hydrogens (tertiary/aromatic N) is 2. The van der Waals surface area contributed by atoms with Gasteiger partial charge < -0.3 is 9.80 Å². The standard InChI is InChI=1S/C26H38N2O2/c29-25(19-21-9-3-1-4-10-21)27-17-14-23(15-18-27)24-13-7-8-16-28(26(24)30)20-22-11-5-2-6-12-22/h2,5-6,11-12,21,23-24H,1,3-4,7-10,13-20H2/t24-/m0/s1. The van der Waals surface area contributed by atoms with Crippen molar-refractivity contribution in [3.8, 4) is 0 Å². The van der Waals surface area contributed by atoms with Crippen molar-refractivity contribution >= 4 is 11.8 Å². The fourth-order valence-electron chi connectivity index (χ4n) is 5.85. The predicted molar refractivity (Wildman–Crippen MR) is 120 cm³/mol. The summed E-state index contributed by atoms with van der Waals surface area (Å²) in [7, 11) is 0. The molecule has 4 heteroatoms. The molecule has 0 bridgehead atoms. The van der Waals surface area contributed by atoms with Crippen LogP contribution in [0.3, 0.4) is 0 Å². The van der Waals surface area contributed by atoms with Gasteiger partial charge >= 0.3 is 0 Å². The lowest BCUT2D eigenvalue weighted by molar-refractivity contribution is -0.139. The Balaban J connectivity index is 1.30. The van der Waals surface area contributed by atoms with Gasteiger partial charge in [-0.2, -0.15) is 0 Å². The van der Waals surface area contributed by atoms with Crippen LogP contribution in [0.25, 0.3) is 0 Å². The summed E-state index contributed by atoms with van der Waals surface area (Å²) in [5.74, 6) is 1.90. The molecular weight excluding hydrogens is 372 g/mol. The number of piperidine rings is 1. The molecule has 1 aromatic rings. The Morgan fingerprint density at radius 3 is 2.27 bits per heavy atom. The Hall–Kier alpha value is -1.84. The second-order valence-electron chi connectivity index (χ2n) is 9.77. The van der Waals surface area contributed by atoms with Gasteiger partial charge in [0.15, 0.2) is 0 Å². The van der Waals surface area contributed by atoms with Crippen molar-refractivity contribution < 1.29 is 9.59 Å². The summed E-state index contributed by atoms with van der Waals surface area (Å²) >= 11 is 0. The Morgan fingerprint density at radius 1 is 0.833 bits per heavy atom. The number of carbonyl (C=O) groups excluding carboxylic acids is 2. The lowest BCUT2D eigenvalue weighted by atomic mass is 9.80. The Morgan fingerprint density at radius 2 is 1.53 bits per heavy atom. The zero-order valence-electron chi connectivity index (χ0n) is 18.4. The van der Waals surface area contributed by atoms with Gasteiger partial charge in [0.2, 0.25) is 11.8 Å². The average molecular weight is 411 g/mol. The van der Waals surface area contributed by atoms with Crippen LogP contribution in [0.15, 0.2) is 30.3 Å². The minimum Gasteiger partial charge on any atom is -0.343 e. The number of likely N-dealkylation sites (tertiary alicyclic amines) is 2. The van der Waals surface area contributed by atoms with Gasteiger partial charge in [-0.3, -0.25) is 9.59 Å². The van der Waals surface area contributed by atoms with E-state index >= 15 is 0 Å². The maximum absolute atomic E-state index is 13.4. The zero-order chi connectivity index (χ0) is 20.8. The molecule has 30 heavy (non-hydrogen) atoms. The maximum Gasteiger partial charge on any atom is 0.226 e. The summed E-state index contributed by atoms with van der Waals surface area (Å²) in [5, 5.41) is 0. The first-order chi connectivity index (χ1) is 14.7. The summed E-state index contributed by atoms with van der Waals surface area (Å²) in [6.45, 7) is 3.30. The summed E-state index contributed by atoms with van der Waals surface area (Å²) in [5.41, 5.74) is 1.22. The normalized spacial score (nSPS) is 24.7. The molecule has 3 fully saturated rings. The molecule has 3 aliphatic rings. The van der Waals surface area contributed by atoms with Gasteiger partial charge in [-0.05, 0) is 55.9 Å². The molecule has 1 aromatic carbocycles. The van der Waals surface area contributed by atoms with E-state index in [-0.39, 0.29) is 5.92 Å². The highest BCUT2D eigenvalue weighted by molar-refractivity contribution is 5.80. The van der Waals surface area contributed by atoms with Crippen LogP contribution in [0.2, 0.25) is 0 Å². The van der Waals surface area contributed by atoms with Crippen molar-refractivity contribution in [1.82, 2.24) is 9.80 Å². The van der Waals surface area contributed by atoms with Gasteiger partial charge in [0.25, 0.3) is 0 Å². The molecule has 2 saturated heterocycles. The molecule has 164 valence electrons. The predicted octanol–water partition coefficient (Wildman–Crippen LogP) is 5.02. The van der Waals surface area contributed by atoms with Crippen LogP contribution >= 0.6 is 0 Å². The summed E-state index contributed by atoms with van der Waals surface area (Å²) < 4.78 is 0. The van der Waals surface area contributed by atoms with Crippen LogP contribution in [-0.2, 0) is 16.1 Å². The van der Waals surface area contributed by atoms with Gasteiger partial charge in [-0.25, -0.2) is 0 Å². The number of carbonyl (C=O) groups is 2. The molecule has 1 atom stereocenters. The second-order valence-corrected chi connectivity index (χ2v) is 9.77. The van der Waals surface area contributed by atoms with E-state index in [1.807, 2.05) is 6.07 Å². The van der Waals surface area contributed by atoms with Crippen LogP contribution in [0.1, 0.15) is 76.2 Å². The van der Waals surface area contributed by atoms with Crippen molar-refractivity contribution in [2.24, 2.45) is 17.8 Å². The van der Waals surface area contributed by atoms with E-state index in [4.69, 9.17) is 0 Å². The Bertz CT molecular complexity index is 690. The van der Waals surface area contributed by atoms with Crippen molar-refractivity contribution in [3.63, 3.8) is 0 Å². The number of rotatable bonds is 5. The van der Waals surface area contributed by atoms with Crippen LogP contribution in [0.5, 0.6) is 0 Å². The number of benzene rings is 1. The first-order valence-corrected chi connectivity index (χ1v) is 12.3. The third-order valence-corrected chi connectivity index (χ3v) is 7.69. The molecule has 1 aliphatic carbocycles. The monoisotopic (exact) mass is 410 g/mol. The summed E-state index contributed by atoms with van der Waals surface area (Å²) in [6.07, 6.45) is 12.4. The lowest BCUT2D eigenvalue weighted by Crippen LogP contribution is -2.44. The van der Waals surface area contributed by atoms with Gasteiger partial charge in [-0.1, -0.05) is 56.0 Å². The largest absolute Gasteiger partial charge is 0.343 e. The molecule has 2 amide bonds. The van der Waals surface area contributed by atoms with E-state index in [2.05, 4.69) is 34.1 Å². The number of hydrogen-bond acceptors (Lipinski definition) is 2. The van der Waals surface area contributed by atoms with Crippen molar-refractivity contribution in [1.29, 1.82) is 0 Å². The molecule has 2 aliphatic heterocycles. The van der Waals surface area contributed by atoms with Crippen molar-refractivity contribution in [2.45, 2.75) is 77.2 Å². The van der Waals surface area contributed by atoms with E-state index in [1.165, 1.54) is 37.7 Å². The van der Waals surface area contributed by atoms with Crippen LogP contribution in [-0.4, -0.2) is 41.2 Å². The quantitative estimate of drug-likeness (QED) is 0.683. The summed E-state index contributed by atoms with van der Waals surface area (Å²) in [6, 6.07) is 10.4. The van der Waals surface area contributed by atoms with Gasteiger partial charge in [0.1, 0.15) is 0 Å². The van der Waals surface area contributed by atoms with Crippen molar-refractivity contribution in [2.75, 3.05) is 19.6 Å². The fraction of sp³-hybridized carbons (Fsp3) is 0.692. The van der Waals surface area contributed by atoms with E-state index in [1.54, 1.807) is 0 Å². The molecule has 2 heterocycles. The van der Waals surface area contributed by atoms with Crippen molar-refractivity contribution in [3.05, 3.63) is 35.9 Å². The van der Waals surface area contributed by atoms with Crippen LogP contribution in [0, 0.1) is 17.8 Å². The van der Waals surface area contributed by atoms with E-state index in [0.717, 1.165) is 64.7 Å². The van der Waals surface area contributed by atoms with Gasteiger partial charge in [0.05, 0.1) is 0 Å². The molecule has 4 nitrogen and oxygen atoms in total. The molecule has 0 unspecified atom stereocenters. The molecular formula is C26H38N2O2. The highest BCUT2D eigenvalue weighted by Gasteiger charge is 2.36. The molecule has 0 radical (unpaired) electrons. The molecule has 0 N–H and O–H groups in total. The van der Waals surface area contributed by atoms with Gasteiger partial charge in [-0.15, -0.1) is 0 Å². The average Bonchev–Trinajstić information content (AvgIpc) is 2.97. The maximum atomic E-state index is 13.4. The zero-order valence-corrected chi connectivity index (χ0v) is 18.4. The molecule has 0 aromatic heterocycles. The first kappa shape index (κ1) is 21.4. The third-order valence-electron chi connectivity index (χ3n) is 7.69. The third kappa shape index (κ3) is 5.44. The van der Waals surface area contributed by atoms with E-state index < -0.39 is 0 Å². The highest BCUT2D eigenvalue weighted by atomic mass is 16.2. The Labute approximate surface area is 182 Å². The number of hydrogen-bond donors (Lipinski definition) is 0. The highest BCUT2D eigenvalue weighted by Crippen LogP contribution is 2.34. The smallest absolute Gasteiger partial charge is 0.226 e. The fourth-order valence-corrected chi connectivity index (χ4v) is 5.85. The Kier molecular flexibility index (Phi) is 7.46. The van der Waals surface area contributed by atoms with Crippen LogP contribution < -0.4 is 0 Å². The number of amides is 2. The topological polar surface area (TPSA) is 40.6 Å². The summed E-state index contributed by atoms with van der Waals surface area (Å²) in [4.78, 5) is 30.3. The van der Waals surface area contributed by atoms with Gasteiger partial charge in [0, 0.05) is 38.5 Å². The minimum absolute atomic E-state index is 0.145. The molecule has 4 rings (SSSR count). The molecule has 1 saturated carbocycles. The first-order valence-electron chi connectivity index (χ1n) is 12.3. The van der Waals surface area contributed by atoms with E-state index in [9.17, 15) is 9.59 Å². The minimum atomic E-state index is 0.145. The SMILES string of the molecule is O=C(CC1CCCCC1)N1CCC([C@@H]2CCCCN(Cc3ccccc3)C2=O)CC1. The van der Waals surface area contributed by atoms with Crippen LogP contribution in [0.4, 0.5) is 0 Å². The lowest BCUT2D eigenvalue weighted by Gasteiger charge is -2.37.